The van der Waals surface area contributed by atoms with Gasteiger partial charge in [0.15, 0.2) is 0 Å². The van der Waals surface area contributed by atoms with Gasteiger partial charge in [0.25, 0.3) is 0 Å². The third-order valence-electron chi connectivity index (χ3n) is 4.83. The molecular weight excluding hydrogens is 358 g/mol. The summed E-state index contributed by atoms with van der Waals surface area (Å²) in [5, 5.41) is 23.4. The number of hydrogen-bond donors (Lipinski definition) is 3. The van der Waals surface area contributed by atoms with Crippen molar-refractivity contribution in [3.05, 3.63) is 34.7 Å². The average Bonchev–Trinajstić information content (AvgIpc) is 2.79. The van der Waals surface area contributed by atoms with Crippen molar-refractivity contribution in [2.75, 3.05) is 0 Å². The van der Waals surface area contributed by atoms with E-state index in [2.05, 4.69) is 5.32 Å². The summed E-state index contributed by atoms with van der Waals surface area (Å²) >= 11 is 0. The van der Waals surface area contributed by atoms with Crippen molar-refractivity contribution in [3.63, 3.8) is 0 Å². The molecule has 7 heteroatoms. The Labute approximate surface area is 166 Å². The summed E-state index contributed by atoms with van der Waals surface area (Å²) in [6, 6.07) is 5.92. The Morgan fingerprint density at radius 2 is 1.57 bits per heavy atom. The molecular formula is C21H33N3O4. The number of carbonyl (C=O) groups is 1. The number of nitrogens with one attached hydrogen (secondary N) is 1. The largest absolute Gasteiger partial charge is 0.390 e. The second-order valence-electron chi connectivity index (χ2n) is 9.72. The Morgan fingerprint density at radius 3 is 2.04 bits per heavy atom. The minimum atomic E-state index is -1.17. The van der Waals surface area contributed by atoms with Crippen molar-refractivity contribution < 1.29 is 15.0 Å². The van der Waals surface area contributed by atoms with Crippen molar-refractivity contribution in [1.29, 1.82) is 0 Å². The Bertz CT molecular complexity index is 891. The van der Waals surface area contributed by atoms with Crippen molar-refractivity contribution >= 4 is 17.1 Å². The Morgan fingerprint density at radius 1 is 1.04 bits per heavy atom. The van der Waals surface area contributed by atoms with Gasteiger partial charge in [-0.1, -0.05) is 32.9 Å². The molecule has 28 heavy (non-hydrogen) atoms. The third kappa shape index (κ3) is 4.83. The highest BCUT2D eigenvalue weighted by atomic mass is 16.3. The molecule has 0 aliphatic rings. The van der Waals surface area contributed by atoms with E-state index >= 15 is 0 Å². The quantitative estimate of drug-likeness (QED) is 0.730. The molecule has 1 atom stereocenters. The van der Waals surface area contributed by atoms with E-state index in [0.717, 1.165) is 4.57 Å². The van der Waals surface area contributed by atoms with Crippen molar-refractivity contribution in [2.45, 2.75) is 78.7 Å². The summed E-state index contributed by atoms with van der Waals surface area (Å²) in [7, 11) is 0. The van der Waals surface area contributed by atoms with Crippen LogP contribution in [0.2, 0.25) is 0 Å². The van der Waals surface area contributed by atoms with Crippen molar-refractivity contribution in [1.82, 2.24) is 14.5 Å². The van der Waals surface area contributed by atoms with Crippen LogP contribution in [0.15, 0.2) is 29.1 Å². The molecule has 0 saturated heterocycles. The van der Waals surface area contributed by atoms with Gasteiger partial charge in [0.05, 0.1) is 28.3 Å². The standard InChI is InChI=1S/C21H33N3O4/c1-19(2,3)16(21(6,7)28)22-17(25)24-15-11-9-8-10-14(15)23(18(24)26)13-12-20(4,5)27/h8-11,16,27-28H,12-13H2,1-7H3,(H,22,25)/t16-/m0/s1. The van der Waals surface area contributed by atoms with Gasteiger partial charge < -0.3 is 15.5 Å². The molecule has 0 unspecified atom stereocenters. The van der Waals surface area contributed by atoms with Crippen molar-refractivity contribution in [3.8, 4) is 0 Å². The molecule has 0 aliphatic heterocycles. The summed E-state index contributed by atoms with van der Waals surface area (Å²) in [5.74, 6) is 0. The fourth-order valence-corrected chi connectivity index (χ4v) is 3.65. The van der Waals surface area contributed by atoms with Gasteiger partial charge in [0, 0.05) is 6.54 Å². The number of aliphatic hydroxyl groups is 2. The van der Waals surface area contributed by atoms with E-state index in [-0.39, 0.29) is 6.54 Å². The van der Waals surface area contributed by atoms with E-state index in [1.807, 2.05) is 20.8 Å². The summed E-state index contributed by atoms with van der Waals surface area (Å²) in [4.78, 5) is 26.1. The highest BCUT2D eigenvalue weighted by molar-refractivity contribution is 5.89. The first-order valence-electron chi connectivity index (χ1n) is 9.59. The monoisotopic (exact) mass is 391 g/mol. The summed E-state index contributed by atoms with van der Waals surface area (Å²) < 4.78 is 2.60. The molecule has 0 saturated carbocycles. The summed E-state index contributed by atoms with van der Waals surface area (Å²) in [6.45, 7) is 12.7. The van der Waals surface area contributed by atoms with Crippen LogP contribution in [0.25, 0.3) is 11.0 Å². The van der Waals surface area contributed by atoms with Gasteiger partial charge in [0.2, 0.25) is 0 Å². The number of carbonyl (C=O) groups excluding carboxylic acids is 1. The van der Waals surface area contributed by atoms with E-state index in [1.165, 1.54) is 4.57 Å². The lowest BCUT2D eigenvalue weighted by atomic mass is 9.78. The second-order valence-corrected chi connectivity index (χ2v) is 9.72. The molecule has 2 aromatic rings. The topological polar surface area (TPSA) is 96.5 Å². The normalized spacial score (nSPS) is 14.3. The third-order valence-corrected chi connectivity index (χ3v) is 4.83. The van der Waals surface area contributed by atoms with Crippen LogP contribution in [0.5, 0.6) is 0 Å². The van der Waals surface area contributed by atoms with Gasteiger partial charge in [-0.15, -0.1) is 0 Å². The molecule has 3 N–H and O–H groups in total. The van der Waals surface area contributed by atoms with E-state index < -0.39 is 34.4 Å². The number of amides is 1. The fraction of sp³-hybridized carbons (Fsp3) is 0.619. The molecule has 1 aromatic heterocycles. The SMILES string of the molecule is CC(C)(O)CCn1c(=O)n(C(=O)N[C@@H](C(C)(C)C)C(C)(C)O)c2ccccc21. The van der Waals surface area contributed by atoms with Crippen LogP contribution in [-0.4, -0.2) is 42.6 Å². The maximum Gasteiger partial charge on any atom is 0.337 e. The Hall–Kier alpha value is -2.12. The number of aromatic nitrogens is 2. The number of para-hydroxylation sites is 2. The van der Waals surface area contributed by atoms with Gasteiger partial charge in [-0.2, -0.15) is 0 Å². The predicted molar refractivity (Wildman–Crippen MR) is 111 cm³/mol. The number of nitrogens with zero attached hydrogens (tertiary/aromatic N) is 2. The lowest BCUT2D eigenvalue weighted by Gasteiger charge is -2.39. The highest BCUT2D eigenvalue weighted by Gasteiger charge is 2.38. The fourth-order valence-electron chi connectivity index (χ4n) is 3.65. The molecule has 156 valence electrons. The Balaban J connectivity index is 2.51. The second kappa shape index (κ2) is 7.37. The van der Waals surface area contributed by atoms with Crippen LogP contribution in [0.3, 0.4) is 0 Å². The van der Waals surface area contributed by atoms with Crippen molar-refractivity contribution in [2.24, 2.45) is 5.41 Å². The molecule has 0 radical (unpaired) electrons. The zero-order chi connectivity index (χ0) is 21.5. The number of imidazole rings is 1. The van der Waals surface area contributed by atoms with Crippen LogP contribution in [0.4, 0.5) is 4.79 Å². The van der Waals surface area contributed by atoms with Crippen LogP contribution in [0, 0.1) is 5.41 Å². The minimum Gasteiger partial charge on any atom is -0.390 e. The van der Waals surface area contributed by atoms with Crippen LogP contribution >= 0.6 is 0 Å². The number of rotatable bonds is 5. The molecule has 0 spiro atoms. The maximum atomic E-state index is 13.1. The molecule has 7 nitrogen and oxygen atoms in total. The lowest BCUT2D eigenvalue weighted by Crippen LogP contribution is -2.57. The number of hydrogen-bond acceptors (Lipinski definition) is 4. The zero-order valence-corrected chi connectivity index (χ0v) is 17.9. The zero-order valence-electron chi connectivity index (χ0n) is 17.9. The molecule has 0 fully saturated rings. The Kier molecular flexibility index (Phi) is 5.83. The molecule has 1 amide bonds. The predicted octanol–water partition coefficient (Wildman–Crippen LogP) is 2.71. The summed E-state index contributed by atoms with van der Waals surface area (Å²) in [6.07, 6.45) is 0.372. The first kappa shape index (κ1) is 22.2. The first-order valence-corrected chi connectivity index (χ1v) is 9.59. The highest BCUT2D eigenvalue weighted by Crippen LogP contribution is 2.28. The van der Waals surface area contributed by atoms with Gasteiger partial charge in [-0.25, -0.2) is 14.2 Å². The minimum absolute atomic E-state index is 0.289. The van der Waals surface area contributed by atoms with Crippen LogP contribution in [-0.2, 0) is 6.54 Å². The van der Waals surface area contributed by atoms with Crippen LogP contribution in [0.1, 0.15) is 54.9 Å². The molecule has 1 aromatic carbocycles. The van der Waals surface area contributed by atoms with E-state index in [9.17, 15) is 19.8 Å². The molecule has 1 heterocycles. The number of aryl methyl sites for hydroxylation is 1. The smallest absolute Gasteiger partial charge is 0.337 e. The van der Waals surface area contributed by atoms with Gasteiger partial charge >= 0.3 is 11.7 Å². The van der Waals surface area contributed by atoms with E-state index in [1.54, 1.807) is 52.0 Å². The van der Waals surface area contributed by atoms with Gasteiger partial charge in [0.1, 0.15) is 0 Å². The van der Waals surface area contributed by atoms with Gasteiger partial charge in [-0.05, 0) is 51.7 Å². The molecule has 0 aliphatic carbocycles. The lowest BCUT2D eigenvalue weighted by molar-refractivity contribution is 0.0000268. The number of benzene rings is 1. The average molecular weight is 392 g/mol. The first-order chi connectivity index (χ1) is 12.6. The van der Waals surface area contributed by atoms with Crippen LogP contribution < -0.4 is 11.0 Å². The van der Waals surface area contributed by atoms with Gasteiger partial charge in [-0.3, -0.25) is 4.57 Å². The number of fused-ring (bicyclic) bond motifs is 1. The maximum absolute atomic E-state index is 13.1. The molecule has 2 rings (SSSR count). The van der Waals surface area contributed by atoms with E-state index in [4.69, 9.17) is 0 Å². The van der Waals surface area contributed by atoms with E-state index in [0.29, 0.717) is 17.5 Å². The summed E-state index contributed by atoms with van der Waals surface area (Å²) in [5.41, 5.74) is -1.87. The molecule has 0 bridgehead atoms.